The Morgan fingerprint density at radius 3 is 1.15 bits per heavy atom. The van der Waals surface area contributed by atoms with Crippen LogP contribution in [-0.4, -0.2) is 93.9 Å². The molecule has 0 radical (unpaired) electrons. The number of carbonyl (C=O) groups is 4. The molecule has 0 saturated carbocycles. The normalized spacial score (nSPS) is 12.1. The van der Waals surface area contributed by atoms with Gasteiger partial charge in [-0.15, -0.1) is 0 Å². The average molecular weight is 1300 g/mol. The maximum atomic E-state index is 13.3. The third-order valence-corrected chi connectivity index (χ3v) is 16.2. The summed E-state index contributed by atoms with van der Waals surface area (Å²) < 4.78 is 28.8. The van der Waals surface area contributed by atoms with Gasteiger partial charge in [0.2, 0.25) is 11.8 Å². The molecular weight excluding hydrogens is 1200 g/mol. The molecule has 2 amide bonds. The SMILES string of the molecule is CCCCCCCOc1ccc(-c2cnc(-c3ccc(C[C@H](NC(=O)c4ccc(C(C)(C)C)cc4)C(=O)O)cc3)nc2OC)cc1.CCCCCCCOc1ccc(-c2cnc(-c3ccc(C[C@H](NC(=O)c4ccc(C(C)(C)C)cc4)C(=O)OC(C)(C)C)cc3)nc2OC)cc1. The summed E-state index contributed by atoms with van der Waals surface area (Å²) >= 11 is 0. The molecule has 2 atom stereocenters. The lowest BCUT2D eigenvalue weighted by atomic mass is 9.86. The second kappa shape index (κ2) is 35.3. The highest BCUT2D eigenvalue weighted by molar-refractivity contribution is 5.97. The molecule has 508 valence electrons. The van der Waals surface area contributed by atoms with Crippen LogP contribution in [-0.2, 0) is 38.0 Å². The monoisotopic (exact) mass is 1300 g/mol. The molecule has 2 aromatic heterocycles. The molecule has 0 bridgehead atoms. The fourth-order valence-corrected chi connectivity index (χ4v) is 10.5. The van der Waals surface area contributed by atoms with Crippen molar-refractivity contribution in [2.75, 3.05) is 27.4 Å². The molecule has 0 aliphatic carbocycles. The summed E-state index contributed by atoms with van der Waals surface area (Å²) in [5.41, 5.74) is 8.88. The molecule has 6 aromatic carbocycles. The first-order chi connectivity index (χ1) is 45.9. The van der Waals surface area contributed by atoms with Gasteiger partial charge < -0.3 is 39.4 Å². The average Bonchev–Trinajstić information content (AvgIpc) is 0.838. The van der Waals surface area contributed by atoms with Gasteiger partial charge in [-0.2, -0.15) is 9.97 Å². The summed E-state index contributed by atoms with van der Waals surface area (Å²) in [7, 11) is 3.17. The van der Waals surface area contributed by atoms with Crippen LogP contribution in [0.25, 0.3) is 45.0 Å². The van der Waals surface area contributed by atoms with Crippen molar-refractivity contribution in [2.24, 2.45) is 0 Å². The number of ether oxygens (including phenoxy) is 5. The molecule has 2 heterocycles. The second-order valence-electron chi connectivity index (χ2n) is 27.2. The van der Waals surface area contributed by atoms with Gasteiger partial charge in [0.05, 0.1) is 38.6 Å². The number of aromatic nitrogens is 4. The summed E-state index contributed by atoms with van der Waals surface area (Å²) in [6, 6.07) is 43.4. The molecule has 96 heavy (non-hydrogen) atoms. The Morgan fingerprint density at radius 1 is 0.448 bits per heavy atom. The summed E-state index contributed by atoms with van der Waals surface area (Å²) in [4.78, 5) is 69.9. The zero-order chi connectivity index (χ0) is 69.4. The van der Waals surface area contributed by atoms with Gasteiger partial charge in [-0.3, -0.25) is 9.59 Å². The van der Waals surface area contributed by atoms with Crippen LogP contribution in [0.5, 0.6) is 23.3 Å². The maximum absolute atomic E-state index is 13.3. The lowest BCUT2D eigenvalue weighted by Crippen LogP contribution is -2.45. The molecule has 16 nitrogen and oxygen atoms in total. The molecule has 0 fully saturated rings. The van der Waals surface area contributed by atoms with Gasteiger partial charge in [-0.05, 0) is 126 Å². The fraction of sp³-hybridized carbons (Fsp3) is 0.400. The van der Waals surface area contributed by atoms with Gasteiger partial charge in [0.1, 0.15) is 29.2 Å². The number of benzene rings is 6. The Bertz CT molecular complexity index is 3760. The van der Waals surface area contributed by atoms with E-state index in [1.54, 1.807) is 50.9 Å². The summed E-state index contributed by atoms with van der Waals surface area (Å²) in [6.45, 7) is 23.9. The van der Waals surface area contributed by atoms with Gasteiger partial charge in [0, 0.05) is 47.5 Å². The summed E-state index contributed by atoms with van der Waals surface area (Å²) in [5.74, 6) is 1.21. The number of aliphatic carboxylic acids is 1. The van der Waals surface area contributed by atoms with E-state index < -0.39 is 35.5 Å². The van der Waals surface area contributed by atoms with Gasteiger partial charge >= 0.3 is 11.9 Å². The Morgan fingerprint density at radius 2 is 0.802 bits per heavy atom. The van der Waals surface area contributed by atoms with E-state index in [0.29, 0.717) is 47.7 Å². The van der Waals surface area contributed by atoms with Crippen molar-refractivity contribution >= 4 is 23.8 Å². The zero-order valence-electron chi connectivity index (χ0n) is 58.5. The number of amides is 2. The standard InChI is InChI=1S/C42H53N3O5.C38H45N3O5/c1-9-10-11-12-13-26-49-34-24-20-30(21-25-34)35-28-43-37(45-39(35)48-8)31-16-14-29(15-17-31)27-36(40(47)50-42(5,6)7)44-38(46)32-18-22-33(23-19-32)41(2,3)4;1-6-7-8-9-10-23-46-31-21-17-27(18-22-31)32-25-39-34(41-36(32)45-5)28-13-11-26(12-14-28)24-33(37(43)44)40-35(42)29-15-19-30(20-16-29)38(2,3)4/h14-25,28,36H,9-13,26-27H2,1-8H3,(H,44,46);11-22,25,33H,6-10,23-24H2,1-5H3,(H,40,42)(H,43,44)/t36-;33-/m00/s1. The minimum absolute atomic E-state index is 0.0346. The van der Waals surface area contributed by atoms with Crippen LogP contribution in [0.4, 0.5) is 0 Å². The first-order valence-electron chi connectivity index (χ1n) is 33.6. The molecule has 3 N–H and O–H groups in total. The van der Waals surface area contributed by atoms with Gasteiger partial charge in [-0.1, -0.05) is 204 Å². The van der Waals surface area contributed by atoms with Crippen LogP contribution in [0.3, 0.4) is 0 Å². The van der Waals surface area contributed by atoms with E-state index in [4.69, 9.17) is 28.7 Å². The predicted octanol–water partition coefficient (Wildman–Crippen LogP) is 17.0. The van der Waals surface area contributed by atoms with E-state index in [2.05, 4.69) is 81.0 Å². The van der Waals surface area contributed by atoms with Crippen molar-refractivity contribution in [3.63, 3.8) is 0 Å². The Labute approximate surface area is 568 Å². The second-order valence-corrected chi connectivity index (χ2v) is 27.2. The van der Waals surface area contributed by atoms with Crippen molar-refractivity contribution in [1.82, 2.24) is 30.6 Å². The number of hydrogen-bond acceptors (Lipinski definition) is 13. The van der Waals surface area contributed by atoms with E-state index in [-0.39, 0.29) is 29.6 Å². The van der Waals surface area contributed by atoms with Gasteiger partial charge in [-0.25, -0.2) is 19.6 Å². The molecular formula is C80H98N6O10. The first kappa shape index (κ1) is 74.0. The molecule has 8 aromatic rings. The van der Waals surface area contributed by atoms with E-state index in [1.807, 2.05) is 142 Å². The first-order valence-corrected chi connectivity index (χ1v) is 33.6. The van der Waals surface area contributed by atoms with Crippen LogP contribution in [0, 0.1) is 0 Å². The number of nitrogens with one attached hydrogen (secondary N) is 2. The highest BCUT2D eigenvalue weighted by atomic mass is 16.6. The quantitative estimate of drug-likeness (QED) is 0.0283. The van der Waals surface area contributed by atoms with E-state index in [0.717, 1.165) is 80.0 Å². The van der Waals surface area contributed by atoms with E-state index >= 15 is 0 Å². The highest BCUT2D eigenvalue weighted by Crippen LogP contribution is 2.34. The van der Waals surface area contributed by atoms with Crippen LogP contribution >= 0.6 is 0 Å². The summed E-state index contributed by atoms with van der Waals surface area (Å²) in [5, 5.41) is 15.4. The third kappa shape index (κ3) is 22.6. The van der Waals surface area contributed by atoms with Crippen LogP contribution < -0.4 is 29.6 Å². The number of methoxy groups -OCH3 is 2. The number of esters is 1. The van der Waals surface area contributed by atoms with Gasteiger partial charge in [0.15, 0.2) is 11.6 Å². The number of hydrogen-bond donors (Lipinski definition) is 3. The zero-order valence-corrected chi connectivity index (χ0v) is 58.5. The lowest BCUT2D eigenvalue weighted by molar-refractivity contribution is -0.157. The molecule has 0 saturated heterocycles. The predicted molar refractivity (Wildman–Crippen MR) is 381 cm³/mol. The van der Waals surface area contributed by atoms with Gasteiger partial charge in [0.25, 0.3) is 11.8 Å². The Hall–Kier alpha value is -9.44. The molecule has 16 heteroatoms. The fourth-order valence-electron chi connectivity index (χ4n) is 10.5. The molecule has 0 aliphatic heterocycles. The highest BCUT2D eigenvalue weighted by Gasteiger charge is 2.29. The number of carboxylic acids is 1. The van der Waals surface area contributed by atoms with Crippen molar-refractivity contribution in [2.45, 2.75) is 182 Å². The Balaban J connectivity index is 0.000000272. The third-order valence-electron chi connectivity index (χ3n) is 16.2. The lowest BCUT2D eigenvalue weighted by Gasteiger charge is -2.25. The van der Waals surface area contributed by atoms with Crippen LogP contribution in [0.2, 0.25) is 0 Å². The van der Waals surface area contributed by atoms with Crippen LogP contribution in [0.1, 0.15) is 183 Å². The van der Waals surface area contributed by atoms with E-state index in [1.165, 1.54) is 51.4 Å². The molecule has 0 spiro atoms. The number of carboxylic acid groups (broad SMARTS) is 1. The number of unbranched alkanes of at least 4 members (excludes halogenated alkanes) is 8. The van der Waals surface area contributed by atoms with Crippen LogP contribution in [0.15, 0.2) is 158 Å². The number of carbonyl (C=O) groups excluding carboxylic acids is 3. The van der Waals surface area contributed by atoms with E-state index in [9.17, 15) is 24.3 Å². The number of rotatable bonds is 30. The van der Waals surface area contributed by atoms with Crippen molar-refractivity contribution < 1.29 is 48.0 Å². The minimum Gasteiger partial charge on any atom is -0.494 e. The topological polar surface area (TPSA) is 210 Å². The Kier molecular flexibility index (Phi) is 27.2. The van der Waals surface area contributed by atoms with Crippen molar-refractivity contribution in [3.05, 3.63) is 191 Å². The maximum Gasteiger partial charge on any atom is 0.329 e. The molecule has 0 aliphatic rings. The minimum atomic E-state index is -1.10. The smallest absolute Gasteiger partial charge is 0.329 e. The van der Waals surface area contributed by atoms with Crippen molar-refractivity contribution in [1.29, 1.82) is 0 Å². The van der Waals surface area contributed by atoms with Crippen molar-refractivity contribution in [3.8, 4) is 68.3 Å². The summed E-state index contributed by atoms with van der Waals surface area (Å²) in [6.07, 6.45) is 15.9. The largest absolute Gasteiger partial charge is 0.494 e. The molecule has 8 rings (SSSR count). The number of nitrogens with zero attached hydrogens (tertiary/aromatic N) is 4. The molecule has 0 unspecified atom stereocenters.